The van der Waals surface area contributed by atoms with E-state index in [9.17, 15) is 43.2 Å². The number of hydrogen-bond acceptors (Lipinski definition) is 15. The van der Waals surface area contributed by atoms with E-state index in [2.05, 4.69) is 55.4 Å². The smallest absolute Gasteiger partial charge is 0.462 e. The fourth-order valence-electron chi connectivity index (χ4n) is 12.0. The Bertz CT molecular complexity index is 1920. The van der Waals surface area contributed by atoms with Crippen LogP contribution in [0.2, 0.25) is 0 Å². The molecule has 0 aliphatic rings. The van der Waals surface area contributed by atoms with Crippen molar-refractivity contribution in [1.29, 1.82) is 0 Å². The normalized spacial score (nSPS) is 14.6. The van der Waals surface area contributed by atoms with Gasteiger partial charge in [0.25, 0.3) is 0 Å². The van der Waals surface area contributed by atoms with Gasteiger partial charge in [0.2, 0.25) is 0 Å². The van der Waals surface area contributed by atoms with Crippen LogP contribution < -0.4 is 0 Å². The largest absolute Gasteiger partial charge is 0.472 e. The molecule has 3 N–H and O–H groups in total. The third-order valence-electron chi connectivity index (χ3n) is 19.0. The van der Waals surface area contributed by atoms with Crippen molar-refractivity contribution < 1.29 is 80.2 Å². The highest BCUT2D eigenvalue weighted by molar-refractivity contribution is 7.47. The van der Waals surface area contributed by atoms with Gasteiger partial charge in [-0.3, -0.25) is 37.3 Å². The van der Waals surface area contributed by atoms with Crippen LogP contribution in [0.1, 0.15) is 402 Å². The minimum Gasteiger partial charge on any atom is -0.462 e. The van der Waals surface area contributed by atoms with Crippen LogP contribution in [0, 0.1) is 23.7 Å². The van der Waals surface area contributed by atoms with Gasteiger partial charge >= 0.3 is 39.5 Å². The summed E-state index contributed by atoms with van der Waals surface area (Å²) in [5, 5.41) is 10.6. The molecule has 0 aliphatic heterocycles. The van der Waals surface area contributed by atoms with E-state index in [-0.39, 0.29) is 25.7 Å². The van der Waals surface area contributed by atoms with E-state index in [1.54, 1.807) is 0 Å². The third kappa shape index (κ3) is 69.8. The summed E-state index contributed by atoms with van der Waals surface area (Å²) in [7, 11) is -9.92. The van der Waals surface area contributed by atoms with E-state index >= 15 is 0 Å². The molecule has 19 heteroatoms. The Kier molecular flexibility index (Phi) is 66.8. The number of phosphoric ester groups is 2. The van der Waals surface area contributed by atoms with Crippen molar-refractivity contribution >= 4 is 39.5 Å². The van der Waals surface area contributed by atoms with Crippen LogP contribution in [-0.2, 0) is 65.4 Å². The predicted molar refractivity (Wildman–Crippen MR) is 400 cm³/mol. The highest BCUT2D eigenvalue weighted by Gasteiger charge is 2.30. The molecular formula is C79H154O17P2. The minimum atomic E-state index is -4.96. The zero-order chi connectivity index (χ0) is 72.4. The quantitative estimate of drug-likeness (QED) is 0.0222. The maximum absolute atomic E-state index is 13.1. The summed E-state index contributed by atoms with van der Waals surface area (Å²) in [5.41, 5.74) is 0. The van der Waals surface area contributed by atoms with Crippen LogP contribution in [0.3, 0.4) is 0 Å². The second-order valence-electron chi connectivity index (χ2n) is 29.9. The second-order valence-corrected chi connectivity index (χ2v) is 32.8. The molecule has 0 aromatic carbocycles. The average molecular weight is 1440 g/mol. The van der Waals surface area contributed by atoms with Gasteiger partial charge in [-0.05, 0) is 49.4 Å². The summed E-state index contributed by atoms with van der Waals surface area (Å²) in [6.45, 7) is 14.2. The number of carbonyl (C=O) groups excluding carboxylic acids is 4. The van der Waals surface area contributed by atoms with Gasteiger partial charge in [-0.2, -0.15) is 0 Å². The van der Waals surface area contributed by atoms with Crippen molar-refractivity contribution in [2.75, 3.05) is 39.6 Å². The SMILES string of the molecule is CCC(C)CCCCCCCCCCCCCCCCCCCCC(=O)O[C@H](COC(=O)CCCCCCCCC(C)CC)COP(=O)(O)OC[C@H](O)COP(=O)(O)OC[C@@H](COC(=O)CCCCCCCCCCCCC(C)C)OC(=O)CCCCCCCCCCCCC(C)C. The average Bonchev–Trinajstić information content (AvgIpc) is 0.958. The first kappa shape index (κ1) is 96.1. The van der Waals surface area contributed by atoms with Crippen LogP contribution in [0.15, 0.2) is 0 Å². The van der Waals surface area contributed by atoms with E-state index in [0.29, 0.717) is 25.7 Å². The van der Waals surface area contributed by atoms with Crippen molar-refractivity contribution in [3.05, 3.63) is 0 Å². The van der Waals surface area contributed by atoms with Crippen LogP contribution in [0.5, 0.6) is 0 Å². The lowest BCUT2D eigenvalue weighted by molar-refractivity contribution is -0.161. The summed E-state index contributed by atoms with van der Waals surface area (Å²) in [4.78, 5) is 72.9. The van der Waals surface area contributed by atoms with Gasteiger partial charge < -0.3 is 33.8 Å². The number of aliphatic hydroxyl groups excluding tert-OH is 1. The highest BCUT2D eigenvalue weighted by Crippen LogP contribution is 2.45. The number of carbonyl (C=O) groups is 4. The monoisotopic (exact) mass is 1440 g/mol. The number of ether oxygens (including phenoxy) is 4. The van der Waals surface area contributed by atoms with E-state index in [1.807, 2.05) is 0 Å². The molecular weight excluding hydrogens is 1280 g/mol. The number of rotatable bonds is 76. The number of hydrogen-bond donors (Lipinski definition) is 3. The molecule has 0 radical (unpaired) electrons. The van der Waals surface area contributed by atoms with Gasteiger partial charge in [0.05, 0.1) is 26.4 Å². The molecule has 0 saturated heterocycles. The molecule has 0 rings (SSSR count). The number of aliphatic hydroxyl groups is 1. The molecule has 98 heavy (non-hydrogen) atoms. The fourth-order valence-corrected chi connectivity index (χ4v) is 13.6. The van der Waals surface area contributed by atoms with Crippen LogP contribution in [-0.4, -0.2) is 96.7 Å². The van der Waals surface area contributed by atoms with Crippen molar-refractivity contribution in [1.82, 2.24) is 0 Å². The van der Waals surface area contributed by atoms with E-state index < -0.39 is 97.5 Å². The zero-order valence-corrected chi connectivity index (χ0v) is 66.2. The van der Waals surface area contributed by atoms with Crippen LogP contribution in [0.25, 0.3) is 0 Å². The van der Waals surface area contributed by atoms with Gasteiger partial charge in [0, 0.05) is 25.7 Å². The topological polar surface area (TPSA) is 237 Å². The number of unbranched alkanes of at least 4 members (excludes halogenated alkanes) is 40. The van der Waals surface area contributed by atoms with Gasteiger partial charge in [-0.25, -0.2) is 9.13 Å². The Hall–Kier alpha value is -1.94. The molecule has 0 aliphatic carbocycles. The molecule has 0 amide bonds. The standard InChI is InChI=1S/C79H154O17P2/c1-9-71(7)57-49-41-33-27-19-17-15-13-11-12-14-16-18-20-29-35-45-53-61-78(83)96-75(66-90-77(82)60-52-44-38-37-42-50-58-72(8)10-2)68-94-98(87,88)92-64-73(80)63-91-97(85,86)93-67-74(95-79(84)62-54-46-36-30-24-22-26-32-40-48-56-70(5)6)65-89-76(81)59-51-43-34-28-23-21-25-31-39-47-55-69(3)4/h69-75,80H,9-68H2,1-8H3,(H,85,86)(H,87,88)/t71?,72?,73-,74-,75-/m1/s1. The Morgan fingerprint density at radius 2 is 0.490 bits per heavy atom. The van der Waals surface area contributed by atoms with Crippen molar-refractivity contribution in [3.63, 3.8) is 0 Å². The van der Waals surface area contributed by atoms with Crippen molar-refractivity contribution in [2.45, 2.75) is 420 Å². The maximum atomic E-state index is 13.1. The van der Waals surface area contributed by atoms with Crippen LogP contribution >= 0.6 is 15.6 Å². The lowest BCUT2D eigenvalue weighted by Crippen LogP contribution is -2.30. The van der Waals surface area contributed by atoms with Gasteiger partial charge in [-0.1, -0.05) is 351 Å². The van der Waals surface area contributed by atoms with Gasteiger partial charge in [0.15, 0.2) is 12.2 Å². The molecule has 4 unspecified atom stereocenters. The molecule has 0 bridgehead atoms. The minimum absolute atomic E-state index is 0.105. The predicted octanol–water partition coefficient (Wildman–Crippen LogP) is 23.2. The molecule has 0 saturated carbocycles. The van der Waals surface area contributed by atoms with E-state index in [0.717, 1.165) is 120 Å². The Labute approximate surface area is 600 Å². The summed E-state index contributed by atoms with van der Waals surface area (Å²) < 4.78 is 68.6. The molecule has 0 fully saturated rings. The summed E-state index contributed by atoms with van der Waals surface area (Å²) in [6.07, 6.45) is 54.2. The third-order valence-corrected chi connectivity index (χ3v) is 20.9. The molecule has 7 atom stereocenters. The molecule has 0 aromatic heterocycles. The lowest BCUT2D eigenvalue weighted by atomic mass is 9.99. The molecule has 582 valence electrons. The Morgan fingerprint density at radius 3 is 0.724 bits per heavy atom. The molecule has 17 nitrogen and oxygen atoms in total. The first-order valence-corrected chi connectivity index (χ1v) is 43.8. The molecule has 0 aromatic rings. The Balaban J connectivity index is 5.19. The highest BCUT2D eigenvalue weighted by atomic mass is 31.2. The maximum Gasteiger partial charge on any atom is 0.472 e. The number of esters is 4. The lowest BCUT2D eigenvalue weighted by Gasteiger charge is -2.21. The fraction of sp³-hybridized carbons (Fsp3) is 0.949. The Morgan fingerprint density at radius 1 is 0.286 bits per heavy atom. The van der Waals surface area contributed by atoms with Crippen molar-refractivity contribution in [2.24, 2.45) is 23.7 Å². The van der Waals surface area contributed by atoms with E-state index in [4.69, 9.17) is 37.0 Å². The number of phosphoric acid groups is 2. The van der Waals surface area contributed by atoms with Crippen molar-refractivity contribution in [3.8, 4) is 0 Å². The molecule has 0 spiro atoms. The first-order valence-electron chi connectivity index (χ1n) is 40.8. The summed E-state index contributed by atoms with van der Waals surface area (Å²) >= 11 is 0. The second kappa shape index (κ2) is 68.2. The summed E-state index contributed by atoms with van der Waals surface area (Å²) in [6, 6.07) is 0. The van der Waals surface area contributed by atoms with Gasteiger partial charge in [0.1, 0.15) is 19.3 Å². The van der Waals surface area contributed by atoms with Gasteiger partial charge in [-0.15, -0.1) is 0 Å². The summed E-state index contributed by atoms with van der Waals surface area (Å²) in [5.74, 6) is 0.993. The first-order chi connectivity index (χ1) is 47.2. The zero-order valence-electron chi connectivity index (χ0n) is 64.4. The molecule has 0 heterocycles. The van der Waals surface area contributed by atoms with E-state index in [1.165, 1.54) is 199 Å². The van der Waals surface area contributed by atoms with Crippen LogP contribution in [0.4, 0.5) is 0 Å².